The van der Waals surface area contributed by atoms with E-state index in [2.05, 4.69) is 6.92 Å². The largest absolute Gasteiger partial charge is 0.379 e. The second-order valence-corrected chi connectivity index (χ2v) is 5.99. The molecule has 140 valence electrons. The minimum atomic E-state index is 0.621. The molecular weight excluding hydrogens is 316 g/mol. The molecule has 23 heavy (non-hydrogen) atoms. The average Bonchev–Trinajstić information content (AvgIpc) is 2.57. The van der Waals surface area contributed by atoms with Crippen LogP contribution in [-0.2, 0) is 18.9 Å². The molecule has 0 bridgehead atoms. The molecule has 0 saturated heterocycles. The topological polar surface area (TPSA) is 36.9 Å². The first-order valence-electron chi connectivity index (χ1n) is 9.28. The van der Waals surface area contributed by atoms with Crippen LogP contribution >= 0.6 is 11.6 Å². The molecule has 5 heteroatoms. The summed E-state index contributed by atoms with van der Waals surface area (Å²) in [4.78, 5) is 0. The molecule has 0 N–H and O–H groups in total. The zero-order chi connectivity index (χ0) is 16.8. The number of halogens is 1. The van der Waals surface area contributed by atoms with Crippen molar-refractivity contribution in [3.63, 3.8) is 0 Å². The Morgan fingerprint density at radius 1 is 0.478 bits per heavy atom. The molecule has 0 fully saturated rings. The van der Waals surface area contributed by atoms with E-state index in [1.165, 1.54) is 32.1 Å². The first kappa shape index (κ1) is 23.1. The molecule has 0 saturated carbocycles. The Bertz CT molecular complexity index is 185. The van der Waals surface area contributed by atoms with E-state index in [0.717, 1.165) is 38.4 Å². The Morgan fingerprint density at radius 2 is 0.870 bits per heavy atom. The maximum absolute atomic E-state index is 5.62. The van der Waals surface area contributed by atoms with Crippen LogP contribution in [0.2, 0.25) is 0 Å². The highest BCUT2D eigenvalue weighted by molar-refractivity contribution is 6.17. The Kier molecular flexibility index (Phi) is 22.3. The lowest BCUT2D eigenvalue weighted by Crippen LogP contribution is -2.12. The van der Waals surface area contributed by atoms with Crippen LogP contribution in [0.15, 0.2) is 0 Å². The van der Waals surface area contributed by atoms with Crippen LogP contribution in [0.3, 0.4) is 0 Å². The fraction of sp³-hybridized carbons (Fsp3) is 1.00. The van der Waals surface area contributed by atoms with E-state index in [1.807, 2.05) is 0 Å². The number of rotatable bonds is 20. The monoisotopic (exact) mass is 352 g/mol. The summed E-state index contributed by atoms with van der Waals surface area (Å²) in [6.45, 7) is 7.76. The van der Waals surface area contributed by atoms with Gasteiger partial charge in [-0.15, -0.1) is 11.6 Å². The number of hydrogen-bond donors (Lipinski definition) is 0. The first-order valence-corrected chi connectivity index (χ1v) is 9.82. The van der Waals surface area contributed by atoms with Gasteiger partial charge in [0.25, 0.3) is 0 Å². The summed E-state index contributed by atoms with van der Waals surface area (Å²) < 4.78 is 21.9. The van der Waals surface area contributed by atoms with Gasteiger partial charge in [0.05, 0.1) is 39.6 Å². The smallest absolute Gasteiger partial charge is 0.0701 e. The summed E-state index contributed by atoms with van der Waals surface area (Å²) >= 11 is 5.62. The van der Waals surface area contributed by atoms with Gasteiger partial charge in [-0.1, -0.05) is 39.0 Å². The van der Waals surface area contributed by atoms with Crippen LogP contribution < -0.4 is 0 Å². The van der Waals surface area contributed by atoms with Crippen molar-refractivity contribution in [2.45, 2.75) is 58.3 Å². The van der Waals surface area contributed by atoms with E-state index < -0.39 is 0 Å². The van der Waals surface area contributed by atoms with Gasteiger partial charge < -0.3 is 18.9 Å². The van der Waals surface area contributed by atoms with Crippen molar-refractivity contribution in [1.82, 2.24) is 0 Å². The van der Waals surface area contributed by atoms with Crippen molar-refractivity contribution < 1.29 is 18.9 Å². The average molecular weight is 353 g/mol. The molecule has 0 heterocycles. The van der Waals surface area contributed by atoms with E-state index in [4.69, 9.17) is 30.5 Å². The zero-order valence-corrected chi connectivity index (χ0v) is 15.8. The third-order valence-corrected chi connectivity index (χ3v) is 3.70. The van der Waals surface area contributed by atoms with Crippen LogP contribution in [0.1, 0.15) is 58.3 Å². The summed E-state index contributed by atoms with van der Waals surface area (Å²) in [7, 11) is 0. The van der Waals surface area contributed by atoms with Gasteiger partial charge in [-0.2, -0.15) is 0 Å². The van der Waals surface area contributed by atoms with E-state index in [-0.39, 0.29) is 0 Å². The molecule has 0 atom stereocenters. The van der Waals surface area contributed by atoms with Crippen molar-refractivity contribution in [2.75, 3.05) is 58.7 Å². The zero-order valence-electron chi connectivity index (χ0n) is 15.0. The van der Waals surface area contributed by atoms with Gasteiger partial charge in [0.15, 0.2) is 0 Å². The Labute approximate surface area is 148 Å². The highest BCUT2D eigenvalue weighted by atomic mass is 35.5. The van der Waals surface area contributed by atoms with Gasteiger partial charge in [0.1, 0.15) is 0 Å². The second-order valence-electron chi connectivity index (χ2n) is 5.61. The second kappa shape index (κ2) is 22.1. The highest BCUT2D eigenvalue weighted by Crippen LogP contribution is 2.01. The Balaban J connectivity index is 2.92. The minimum absolute atomic E-state index is 0.621. The lowest BCUT2D eigenvalue weighted by atomic mass is 10.2. The summed E-state index contributed by atoms with van der Waals surface area (Å²) in [6, 6.07) is 0. The molecular formula is C18H37ClO4. The summed E-state index contributed by atoms with van der Waals surface area (Å²) in [5.74, 6) is 0.766. The Morgan fingerprint density at radius 3 is 1.30 bits per heavy atom. The summed E-state index contributed by atoms with van der Waals surface area (Å²) in [5.41, 5.74) is 0. The van der Waals surface area contributed by atoms with Gasteiger partial charge >= 0.3 is 0 Å². The van der Waals surface area contributed by atoms with Crippen molar-refractivity contribution in [3.8, 4) is 0 Å². The van der Waals surface area contributed by atoms with Gasteiger partial charge in [0.2, 0.25) is 0 Å². The molecule has 0 aliphatic carbocycles. The van der Waals surface area contributed by atoms with E-state index >= 15 is 0 Å². The fourth-order valence-electron chi connectivity index (χ4n) is 2.04. The fourth-order valence-corrected chi connectivity index (χ4v) is 2.23. The van der Waals surface area contributed by atoms with E-state index in [0.29, 0.717) is 39.6 Å². The molecule has 0 aromatic rings. The predicted molar refractivity (Wildman–Crippen MR) is 96.6 cm³/mol. The van der Waals surface area contributed by atoms with Crippen LogP contribution in [0, 0.1) is 0 Å². The van der Waals surface area contributed by atoms with Crippen molar-refractivity contribution in [1.29, 1.82) is 0 Å². The lowest BCUT2D eigenvalue weighted by Gasteiger charge is -2.07. The minimum Gasteiger partial charge on any atom is -0.379 e. The van der Waals surface area contributed by atoms with E-state index in [9.17, 15) is 0 Å². The van der Waals surface area contributed by atoms with Gasteiger partial charge in [-0.3, -0.25) is 0 Å². The van der Waals surface area contributed by atoms with Gasteiger partial charge in [-0.05, 0) is 19.3 Å². The third kappa shape index (κ3) is 22.1. The lowest BCUT2D eigenvalue weighted by molar-refractivity contribution is -0.00247. The van der Waals surface area contributed by atoms with Crippen molar-refractivity contribution in [2.24, 2.45) is 0 Å². The van der Waals surface area contributed by atoms with Crippen molar-refractivity contribution in [3.05, 3.63) is 0 Å². The number of ether oxygens (including phenoxy) is 4. The molecule has 0 rings (SSSR count). The molecule has 0 aliphatic heterocycles. The first-order chi connectivity index (χ1) is 11.4. The van der Waals surface area contributed by atoms with Crippen LogP contribution in [0.5, 0.6) is 0 Å². The molecule has 0 spiro atoms. The maximum atomic E-state index is 5.62. The number of alkyl halides is 1. The van der Waals surface area contributed by atoms with Crippen LogP contribution in [-0.4, -0.2) is 58.7 Å². The van der Waals surface area contributed by atoms with Crippen molar-refractivity contribution >= 4 is 11.6 Å². The summed E-state index contributed by atoms with van der Waals surface area (Å²) in [5, 5.41) is 0. The normalized spacial score (nSPS) is 11.2. The highest BCUT2D eigenvalue weighted by Gasteiger charge is 1.94. The predicted octanol–water partition coefficient (Wildman–Crippen LogP) is 4.43. The van der Waals surface area contributed by atoms with Gasteiger partial charge in [-0.25, -0.2) is 0 Å². The molecule has 0 aromatic heterocycles. The Hall–Kier alpha value is 0.130. The molecule has 0 aliphatic rings. The molecule has 4 nitrogen and oxygen atoms in total. The van der Waals surface area contributed by atoms with Gasteiger partial charge in [0, 0.05) is 19.1 Å². The standard InChI is InChI=1S/C18H37ClO4/c1-2-3-4-8-11-20-13-15-22-17-18-23-16-14-21-12-9-6-5-7-10-19/h2-18H2,1H3. The maximum Gasteiger partial charge on any atom is 0.0701 e. The SMILES string of the molecule is CCCCCCOCCOCCOCCOCCCCCCCl. The van der Waals surface area contributed by atoms with E-state index in [1.54, 1.807) is 0 Å². The van der Waals surface area contributed by atoms with Crippen LogP contribution in [0.4, 0.5) is 0 Å². The molecule has 0 amide bonds. The van der Waals surface area contributed by atoms with Crippen LogP contribution in [0.25, 0.3) is 0 Å². The summed E-state index contributed by atoms with van der Waals surface area (Å²) in [6.07, 6.45) is 9.60. The number of hydrogen-bond acceptors (Lipinski definition) is 4. The molecule has 0 radical (unpaired) electrons. The quantitative estimate of drug-likeness (QED) is 0.240. The third-order valence-electron chi connectivity index (χ3n) is 3.43. The molecule has 0 aromatic carbocycles. The number of unbranched alkanes of at least 4 members (excludes halogenated alkanes) is 6. The molecule has 0 unspecified atom stereocenters.